The molecule has 0 saturated heterocycles. The maximum Gasteiger partial charge on any atom is 0.396 e. The minimum Gasteiger partial charge on any atom is -0.459 e. The lowest BCUT2D eigenvalue weighted by Gasteiger charge is -1.98. The van der Waals surface area contributed by atoms with E-state index in [0.717, 1.165) is 22.7 Å². The van der Waals surface area contributed by atoms with Gasteiger partial charge in [-0.05, 0) is 13.0 Å². The number of hydrogen-bond donors (Lipinski definition) is 0. The lowest BCUT2D eigenvalue weighted by Crippen LogP contribution is -2.04. The highest BCUT2D eigenvalue weighted by Gasteiger charge is 2.17. The van der Waals surface area contributed by atoms with Crippen LogP contribution in [-0.4, -0.2) is 32.7 Å². The summed E-state index contributed by atoms with van der Waals surface area (Å²) < 4.78 is 9.97. The highest BCUT2D eigenvalue weighted by Crippen LogP contribution is 2.24. The van der Waals surface area contributed by atoms with E-state index in [-0.39, 0.29) is 17.7 Å². The Kier molecular flexibility index (Phi) is 3.78. The molecule has 8 heteroatoms. The van der Waals surface area contributed by atoms with Gasteiger partial charge in [0.15, 0.2) is 5.16 Å². The van der Waals surface area contributed by atoms with E-state index >= 15 is 0 Å². The third-order valence-corrected chi connectivity index (χ3v) is 3.22. The molecule has 0 radical (unpaired) electrons. The first kappa shape index (κ1) is 13.5. The quantitative estimate of drug-likeness (QED) is 0.535. The van der Waals surface area contributed by atoms with Gasteiger partial charge in [0.2, 0.25) is 0 Å². The van der Waals surface area contributed by atoms with E-state index in [1.54, 1.807) is 13.1 Å². The molecule has 7 nitrogen and oxygen atoms in total. The summed E-state index contributed by atoms with van der Waals surface area (Å²) in [6.07, 6.45) is 1.72. The minimum absolute atomic E-state index is 0.180. The summed E-state index contributed by atoms with van der Waals surface area (Å²) in [4.78, 5) is 20.0. The Hall–Kier alpha value is -2.48. The smallest absolute Gasteiger partial charge is 0.396 e. The van der Waals surface area contributed by atoms with Gasteiger partial charge < -0.3 is 9.15 Å². The second-order valence-electron chi connectivity index (χ2n) is 3.91. The van der Waals surface area contributed by atoms with Gasteiger partial charge in [-0.25, -0.2) is 14.8 Å². The maximum absolute atomic E-state index is 11.4. The van der Waals surface area contributed by atoms with Crippen LogP contribution in [0.2, 0.25) is 0 Å². The molecule has 0 aliphatic carbocycles. The molecule has 0 bridgehead atoms. The summed E-state index contributed by atoms with van der Waals surface area (Å²) in [6.45, 7) is 1.95. The standard InChI is InChI=1S/C13H10N4O3S/c1-2-19-11(18)10-16-17-13(20-10)21-12-14-7-8-5-3-4-6-9(8)15-12/h3-7H,2H2,1H3. The molecule has 2 aromatic heterocycles. The molecule has 3 aromatic rings. The normalized spacial score (nSPS) is 10.7. The van der Waals surface area contributed by atoms with Crippen molar-refractivity contribution in [2.24, 2.45) is 0 Å². The summed E-state index contributed by atoms with van der Waals surface area (Å²) in [5.74, 6) is -0.823. The van der Waals surface area contributed by atoms with Crippen molar-refractivity contribution in [1.29, 1.82) is 0 Å². The van der Waals surface area contributed by atoms with Gasteiger partial charge in [0.05, 0.1) is 12.1 Å². The monoisotopic (exact) mass is 302 g/mol. The van der Waals surface area contributed by atoms with Crippen LogP contribution in [0.3, 0.4) is 0 Å². The van der Waals surface area contributed by atoms with Crippen molar-refractivity contribution in [3.63, 3.8) is 0 Å². The van der Waals surface area contributed by atoms with Crippen molar-refractivity contribution in [2.45, 2.75) is 17.3 Å². The molecule has 0 fully saturated rings. The third kappa shape index (κ3) is 3.00. The zero-order chi connectivity index (χ0) is 14.7. The number of rotatable bonds is 4. The van der Waals surface area contributed by atoms with Crippen LogP contribution in [0.25, 0.3) is 10.9 Å². The number of esters is 1. The molecule has 0 aliphatic rings. The Balaban J connectivity index is 1.80. The Morgan fingerprint density at radius 3 is 3.05 bits per heavy atom. The Morgan fingerprint density at radius 1 is 1.33 bits per heavy atom. The predicted octanol–water partition coefficient (Wildman–Crippen LogP) is 2.34. The van der Waals surface area contributed by atoms with E-state index in [4.69, 9.17) is 9.15 Å². The molecule has 0 N–H and O–H groups in total. The second-order valence-corrected chi connectivity index (χ2v) is 4.83. The van der Waals surface area contributed by atoms with Crippen LogP contribution in [0.5, 0.6) is 0 Å². The average Bonchev–Trinajstić information content (AvgIpc) is 2.96. The number of aromatic nitrogens is 4. The zero-order valence-corrected chi connectivity index (χ0v) is 11.8. The van der Waals surface area contributed by atoms with Crippen molar-refractivity contribution >= 4 is 28.6 Å². The Labute approximate surface area is 123 Å². The molecule has 1 aromatic carbocycles. The summed E-state index contributed by atoms with van der Waals surface area (Å²) in [5, 5.41) is 8.98. The van der Waals surface area contributed by atoms with Gasteiger partial charge in [0.1, 0.15) is 0 Å². The van der Waals surface area contributed by atoms with Gasteiger partial charge >= 0.3 is 11.9 Å². The van der Waals surface area contributed by atoms with Crippen LogP contribution in [0.15, 0.2) is 45.3 Å². The summed E-state index contributed by atoms with van der Waals surface area (Å²) in [7, 11) is 0. The van der Waals surface area contributed by atoms with Crippen molar-refractivity contribution in [2.75, 3.05) is 6.61 Å². The first-order valence-corrected chi connectivity index (χ1v) is 6.98. The molecule has 0 unspecified atom stereocenters. The van der Waals surface area contributed by atoms with Crippen LogP contribution in [0, 0.1) is 0 Å². The van der Waals surface area contributed by atoms with Gasteiger partial charge in [-0.2, -0.15) is 0 Å². The molecular weight excluding hydrogens is 292 g/mol. The average molecular weight is 302 g/mol. The van der Waals surface area contributed by atoms with Crippen LogP contribution >= 0.6 is 11.8 Å². The molecule has 21 heavy (non-hydrogen) atoms. The van der Waals surface area contributed by atoms with E-state index < -0.39 is 5.97 Å². The van der Waals surface area contributed by atoms with Gasteiger partial charge in [0.25, 0.3) is 5.22 Å². The Morgan fingerprint density at radius 2 is 2.19 bits per heavy atom. The van der Waals surface area contributed by atoms with Crippen LogP contribution in [0.1, 0.15) is 17.6 Å². The zero-order valence-electron chi connectivity index (χ0n) is 11.0. The lowest BCUT2D eigenvalue weighted by molar-refractivity contribution is 0.0475. The summed E-state index contributed by atoms with van der Waals surface area (Å²) in [5.41, 5.74) is 0.820. The number of para-hydroxylation sites is 1. The fraction of sp³-hybridized carbons (Fsp3) is 0.154. The second kappa shape index (κ2) is 5.88. The topological polar surface area (TPSA) is 91.0 Å². The van der Waals surface area contributed by atoms with Gasteiger partial charge in [-0.15, -0.1) is 5.10 Å². The van der Waals surface area contributed by atoms with Gasteiger partial charge in [0, 0.05) is 23.3 Å². The van der Waals surface area contributed by atoms with Crippen molar-refractivity contribution in [1.82, 2.24) is 20.2 Å². The third-order valence-electron chi connectivity index (χ3n) is 2.50. The number of nitrogens with zero attached hydrogens (tertiary/aromatic N) is 4. The SMILES string of the molecule is CCOC(=O)c1nnc(Sc2ncc3ccccc3n2)o1. The predicted molar refractivity (Wildman–Crippen MR) is 73.9 cm³/mol. The van der Waals surface area contributed by atoms with Crippen LogP contribution < -0.4 is 0 Å². The number of ether oxygens (including phenoxy) is 1. The van der Waals surface area contributed by atoms with E-state index in [2.05, 4.69) is 20.2 Å². The minimum atomic E-state index is -0.642. The first-order chi connectivity index (χ1) is 10.3. The molecule has 0 atom stereocenters. The number of carbonyl (C=O) groups is 1. The fourth-order valence-corrected chi connectivity index (χ4v) is 2.22. The van der Waals surface area contributed by atoms with E-state index in [1.165, 1.54) is 0 Å². The highest BCUT2D eigenvalue weighted by atomic mass is 32.2. The molecular formula is C13H10N4O3S. The van der Waals surface area contributed by atoms with Gasteiger partial charge in [-0.1, -0.05) is 23.3 Å². The lowest BCUT2D eigenvalue weighted by atomic mass is 10.2. The van der Waals surface area contributed by atoms with E-state index in [9.17, 15) is 4.79 Å². The van der Waals surface area contributed by atoms with Crippen molar-refractivity contribution < 1.29 is 13.9 Å². The van der Waals surface area contributed by atoms with Crippen LogP contribution in [0.4, 0.5) is 0 Å². The summed E-state index contributed by atoms with van der Waals surface area (Å²) in [6, 6.07) is 7.63. The molecule has 0 aliphatic heterocycles. The van der Waals surface area contributed by atoms with E-state index in [0.29, 0.717) is 5.16 Å². The molecule has 0 spiro atoms. The number of fused-ring (bicyclic) bond motifs is 1. The number of hydrogen-bond acceptors (Lipinski definition) is 8. The molecule has 106 valence electrons. The molecule has 3 rings (SSSR count). The first-order valence-electron chi connectivity index (χ1n) is 6.16. The number of benzene rings is 1. The number of carbonyl (C=O) groups excluding carboxylic acids is 1. The largest absolute Gasteiger partial charge is 0.459 e. The molecule has 2 heterocycles. The maximum atomic E-state index is 11.4. The van der Waals surface area contributed by atoms with Crippen molar-refractivity contribution in [3.05, 3.63) is 36.4 Å². The Bertz CT molecular complexity index is 790. The van der Waals surface area contributed by atoms with E-state index in [1.807, 2.05) is 24.3 Å². The van der Waals surface area contributed by atoms with Crippen molar-refractivity contribution in [3.8, 4) is 0 Å². The van der Waals surface area contributed by atoms with Gasteiger partial charge in [-0.3, -0.25) is 0 Å². The summed E-state index contributed by atoms with van der Waals surface area (Å²) >= 11 is 1.09. The van der Waals surface area contributed by atoms with Crippen LogP contribution in [-0.2, 0) is 4.74 Å². The molecule has 0 saturated carbocycles. The fourth-order valence-electron chi connectivity index (χ4n) is 1.61. The highest BCUT2D eigenvalue weighted by molar-refractivity contribution is 7.98. The molecule has 0 amide bonds.